The molecule has 4 heteroatoms. The van der Waals surface area contributed by atoms with Gasteiger partial charge in [-0.2, -0.15) is 0 Å². The van der Waals surface area contributed by atoms with E-state index in [0.717, 1.165) is 32.4 Å². The lowest BCUT2D eigenvalue weighted by Crippen LogP contribution is -2.14. The van der Waals surface area contributed by atoms with E-state index >= 15 is 0 Å². The molecule has 0 spiro atoms. The molecule has 0 saturated heterocycles. The highest BCUT2D eigenvalue weighted by Gasteiger charge is 1.99. The summed E-state index contributed by atoms with van der Waals surface area (Å²) >= 11 is 1.78. The van der Waals surface area contributed by atoms with Gasteiger partial charge in [0.15, 0.2) is 0 Å². The van der Waals surface area contributed by atoms with Crippen LogP contribution in [0.3, 0.4) is 0 Å². The molecule has 0 bridgehead atoms. The lowest BCUT2D eigenvalue weighted by atomic mass is 10.2. The first-order valence-corrected chi connectivity index (χ1v) is 6.53. The Morgan fingerprint density at radius 1 is 1.44 bits per heavy atom. The molecule has 0 amide bonds. The topological polar surface area (TPSA) is 49.3 Å². The molecule has 0 saturated carbocycles. The molecule has 0 aliphatic heterocycles. The van der Waals surface area contributed by atoms with Crippen LogP contribution in [0.1, 0.15) is 36.1 Å². The minimum absolute atomic E-state index is 0.296. The second-order valence-corrected chi connectivity index (χ2v) is 4.91. The van der Waals surface area contributed by atoms with Gasteiger partial charge >= 0.3 is 5.97 Å². The van der Waals surface area contributed by atoms with Gasteiger partial charge in [0.2, 0.25) is 0 Å². The average Bonchev–Trinajstić information content (AvgIpc) is 2.62. The Morgan fingerprint density at radius 3 is 2.88 bits per heavy atom. The molecule has 0 aliphatic rings. The number of aliphatic carboxylic acids is 1. The second-order valence-electron chi connectivity index (χ2n) is 3.91. The Morgan fingerprint density at radius 2 is 2.25 bits per heavy atom. The zero-order valence-corrected chi connectivity index (χ0v) is 10.5. The molecule has 16 heavy (non-hydrogen) atoms. The number of carbonyl (C=O) groups is 1. The standard InChI is InChI=1S/C12H19NO2S/c1-10-6-8-16-11(10)9-13-7-4-2-3-5-12(14)15/h6,8,13H,2-5,7,9H2,1H3,(H,14,15). The zero-order valence-electron chi connectivity index (χ0n) is 9.66. The number of aryl methyl sites for hydroxylation is 1. The predicted molar refractivity (Wildman–Crippen MR) is 66.9 cm³/mol. The van der Waals surface area contributed by atoms with Gasteiger partial charge < -0.3 is 10.4 Å². The van der Waals surface area contributed by atoms with Crippen molar-refractivity contribution in [3.63, 3.8) is 0 Å². The Hall–Kier alpha value is -0.870. The first-order chi connectivity index (χ1) is 7.70. The summed E-state index contributed by atoms with van der Waals surface area (Å²) in [7, 11) is 0. The van der Waals surface area contributed by atoms with Crippen LogP contribution in [-0.2, 0) is 11.3 Å². The number of unbranched alkanes of at least 4 members (excludes halogenated alkanes) is 2. The third-order valence-electron chi connectivity index (χ3n) is 2.50. The lowest BCUT2D eigenvalue weighted by molar-refractivity contribution is -0.137. The van der Waals surface area contributed by atoms with E-state index < -0.39 is 5.97 Å². The average molecular weight is 241 g/mol. The highest BCUT2D eigenvalue weighted by Crippen LogP contribution is 2.14. The van der Waals surface area contributed by atoms with Crippen molar-refractivity contribution in [2.75, 3.05) is 6.54 Å². The maximum atomic E-state index is 10.3. The van der Waals surface area contributed by atoms with Gasteiger partial charge in [0.05, 0.1) is 0 Å². The van der Waals surface area contributed by atoms with Crippen molar-refractivity contribution >= 4 is 17.3 Å². The van der Waals surface area contributed by atoms with Gasteiger partial charge in [0.1, 0.15) is 0 Å². The highest BCUT2D eigenvalue weighted by atomic mass is 32.1. The van der Waals surface area contributed by atoms with Crippen molar-refractivity contribution < 1.29 is 9.90 Å². The third-order valence-corrected chi connectivity index (χ3v) is 3.52. The molecule has 3 nitrogen and oxygen atoms in total. The van der Waals surface area contributed by atoms with Gasteiger partial charge in [-0.15, -0.1) is 11.3 Å². The van der Waals surface area contributed by atoms with E-state index in [0.29, 0.717) is 6.42 Å². The maximum absolute atomic E-state index is 10.3. The molecule has 2 N–H and O–H groups in total. The van der Waals surface area contributed by atoms with E-state index in [9.17, 15) is 4.79 Å². The summed E-state index contributed by atoms with van der Waals surface area (Å²) in [6.45, 7) is 4.03. The molecule has 1 aromatic rings. The summed E-state index contributed by atoms with van der Waals surface area (Å²) < 4.78 is 0. The quantitative estimate of drug-likeness (QED) is 0.688. The summed E-state index contributed by atoms with van der Waals surface area (Å²) in [6, 6.07) is 2.13. The van der Waals surface area contributed by atoms with Crippen molar-refractivity contribution in [1.82, 2.24) is 5.32 Å². The minimum Gasteiger partial charge on any atom is -0.481 e. The van der Waals surface area contributed by atoms with Crippen LogP contribution >= 0.6 is 11.3 Å². The Labute approximate surface area is 100 Å². The SMILES string of the molecule is Cc1ccsc1CNCCCCCC(=O)O. The predicted octanol–water partition coefficient (Wildman–Crippen LogP) is 2.79. The van der Waals surface area contributed by atoms with Gasteiger partial charge in [-0.1, -0.05) is 6.42 Å². The smallest absolute Gasteiger partial charge is 0.303 e. The molecular formula is C12H19NO2S. The fraction of sp³-hybridized carbons (Fsp3) is 0.583. The molecule has 1 heterocycles. The molecule has 1 aromatic heterocycles. The maximum Gasteiger partial charge on any atom is 0.303 e. The molecule has 1 rings (SSSR count). The third kappa shape index (κ3) is 5.28. The molecular weight excluding hydrogens is 222 g/mol. The fourth-order valence-corrected chi connectivity index (χ4v) is 2.37. The largest absolute Gasteiger partial charge is 0.481 e. The molecule has 90 valence electrons. The second kappa shape index (κ2) is 7.41. The van der Waals surface area contributed by atoms with Crippen molar-refractivity contribution in [2.24, 2.45) is 0 Å². The Bertz CT molecular complexity index is 323. The van der Waals surface area contributed by atoms with E-state index in [-0.39, 0.29) is 0 Å². The molecule has 0 fully saturated rings. The van der Waals surface area contributed by atoms with Crippen LogP contribution in [0, 0.1) is 6.92 Å². The number of nitrogens with one attached hydrogen (secondary N) is 1. The summed E-state index contributed by atoms with van der Waals surface area (Å²) in [5, 5.41) is 13.9. The number of carboxylic acids is 1. The van der Waals surface area contributed by atoms with Crippen LogP contribution in [-0.4, -0.2) is 17.6 Å². The van der Waals surface area contributed by atoms with Gasteiger partial charge in [0, 0.05) is 17.8 Å². The van der Waals surface area contributed by atoms with Gasteiger partial charge in [-0.3, -0.25) is 4.79 Å². The van der Waals surface area contributed by atoms with Crippen LogP contribution in [0.2, 0.25) is 0 Å². The summed E-state index contributed by atoms with van der Waals surface area (Å²) in [5.41, 5.74) is 1.35. The summed E-state index contributed by atoms with van der Waals surface area (Å²) in [4.78, 5) is 11.7. The Kier molecular flexibility index (Phi) is 6.11. The van der Waals surface area contributed by atoms with Crippen LogP contribution in [0.5, 0.6) is 0 Å². The van der Waals surface area contributed by atoms with E-state index in [1.54, 1.807) is 11.3 Å². The van der Waals surface area contributed by atoms with Crippen molar-refractivity contribution in [1.29, 1.82) is 0 Å². The zero-order chi connectivity index (χ0) is 11.8. The van der Waals surface area contributed by atoms with Crippen LogP contribution < -0.4 is 5.32 Å². The van der Waals surface area contributed by atoms with Crippen LogP contribution in [0.4, 0.5) is 0 Å². The fourth-order valence-electron chi connectivity index (χ4n) is 1.49. The first-order valence-electron chi connectivity index (χ1n) is 5.65. The molecule has 0 aliphatic carbocycles. The lowest BCUT2D eigenvalue weighted by Gasteiger charge is -2.03. The first kappa shape index (κ1) is 13.2. The van der Waals surface area contributed by atoms with Crippen LogP contribution in [0.15, 0.2) is 11.4 Å². The molecule has 0 unspecified atom stereocenters. The van der Waals surface area contributed by atoms with E-state index in [1.807, 2.05) is 0 Å². The van der Waals surface area contributed by atoms with E-state index in [1.165, 1.54) is 10.4 Å². The monoisotopic (exact) mass is 241 g/mol. The van der Waals surface area contributed by atoms with Crippen molar-refractivity contribution in [3.8, 4) is 0 Å². The van der Waals surface area contributed by atoms with E-state index in [2.05, 4.69) is 23.7 Å². The van der Waals surface area contributed by atoms with Crippen LogP contribution in [0.25, 0.3) is 0 Å². The minimum atomic E-state index is -0.692. The number of hydrogen-bond acceptors (Lipinski definition) is 3. The van der Waals surface area contributed by atoms with Gasteiger partial charge in [0.25, 0.3) is 0 Å². The summed E-state index contributed by atoms with van der Waals surface area (Å²) in [5.74, 6) is -0.692. The Balaban J connectivity index is 1.96. The normalized spacial score (nSPS) is 10.6. The van der Waals surface area contributed by atoms with Gasteiger partial charge in [-0.05, 0) is 43.3 Å². The molecule has 0 aromatic carbocycles. The van der Waals surface area contributed by atoms with Gasteiger partial charge in [-0.25, -0.2) is 0 Å². The number of thiophene rings is 1. The van der Waals surface area contributed by atoms with Crippen molar-refractivity contribution in [3.05, 3.63) is 21.9 Å². The molecule has 0 atom stereocenters. The summed E-state index contributed by atoms with van der Waals surface area (Å²) in [6.07, 6.45) is 3.12. The van der Waals surface area contributed by atoms with Crippen molar-refractivity contribution in [2.45, 2.75) is 39.2 Å². The number of hydrogen-bond donors (Lipinski definition) is 2. The van der Waals surface area contributed by atoms with E-state index in [4.69, 9.17) is 5.11 Å². The highest BCUT2D eigenvalue weighted by molar-refractivity contribution is 7.10. The molecule has 0 radical (unpaired) electrons. The number of rotatable bonds is 8. The number of carboxylic acid groups (broad SMARTS) is 1.